The van der Waals surface area contributed by atoms with Crippen LogP contribution in [-0.4, -0.2) is 70.3 Å². The molecular weight excluding hydrogens is 670 g/mol. The third-order valence-corrected chi connectivity index (χ3v) is 8.85. The molecule has 2 atom stereocenters. The van der Waals surface area contributed by atoms with E-state index in [4.69, 9.17) is 11.6 Å². The molecule has 1 aliphatic rings. The quantitative estimate of drug-likeness (QED) is 0.164. The summed E-state index contributed by atoms with van der Waals surface area (Å²) in [6, 6.07) is 17.8. The second kappa shape index (κ2) is 18.9. The van der Waals surface area contributed by atoms with Crippen LogP contribution in [0.1, 0.15) is 64.0 Å². The predicted octanol–water partition coefficient (Wildman–Crippen LogP) is 4.59. The number of carbonyl (C=O) groups is 5. The molecule has 0 unspecified atom stereocenters. The number of carbonyl (C=O) groups excluding carboxylic acids is 5. The molecule has 4 rings (SSSR count). The standard InChI is InChI=1S/C38H48ClN7O5/c1-38(2,3)45-33(47)18-17-32(44-37(51)46-22-19-27(20-23-46)34(48)42-29-13-9-21-40-25-29)36(50)43-31(16-15-26-10-5-4-6-11-26)35(49)41-24-28-12-7-8-14-30(28)39/h4-14,21,25,27,31-32H,15-20,22-24H2,1-3H3,(H,41,49)(H,42,48)(H,43,50)(H,44,51)(H,45,47)/t31-,32-/m0/s1. The number of likely N-dealkylation sites (tertiary alicyclic amines) is 1. The minimum atomic E-state index is -1.11. The zero-order valence-corrected chi connectivity index (χ0v) is 30.2. The number of rotatable bonds is 14. The fraction of sp³-hybridized carbons (Fsp3) is 0.421. The lowest BCUT2D eigenvalue weighted by atomic mass is 9.96. The second-order valence-electron chi connectivity index (χ2n) is 13.7. The van der Waals surface area contributed by atoms with Crippen LogP contribution in [0.2, 0.25) is 5.02 Å². The summed E-state index contributed by atoms with van der Waals surface area (Å²) in [4.78, 5) is 72.1. The highest BCUT2D eigenvalue weighted by atomic mass is 35.5. The molecular formula is C38H48ClN7O5. The summed E-state index contributed by atoms with van der Waals surface area (Å²) in [6.45, 7) is 6.35. The molecule has 51 heavy (non-hydrogen) atoms. The second-order valence-corrected chi connectivity index (χ2v) is 14.1. The summed E-state index contributed by atoms with van der Waals surface area (Å²) in [5, 5.41) is 14.8. The third kappa shape index (κ3) is 13.0. The van der Waals surface area contributed by atoms with Gasteiger partial charge >= 0.3 is 6.03 Å². The van der Waals surface area contributed by atoms with Crippen LogP contribution in [0.3, 0.4) is 0 Å². The van der Waals surface area contributed by atoms with Crippen LogP contribution < -0.4 is 26.6 Å². The number of anilines is 1. The highest BCUT2D eigenvalue weighted by Gasteiger charge is 2.32. The monoisotopic (exact) mass is 717 g/mol. The number of hydrogen-bond acceptors (Lipinski definition) is 6. The Balaban J connectivity index is 1.43. The minimum absolute atomic E-state index is 0.0100. The van der Waals surface area contributed by atoms with Crippen LogP contribution in [0.5, 0.6) is 0 Å². The van der Waals surface area contributed by atoms with E-state index in [1.807, 2.05) is 63.2 Å². The smallest absolute Gasteiger partial charge is 0.318 e. The lowest BCUT2D eigenvalue weighted by Gasteiger charge is -2.33. The van der Waals surface area contributed by atoms with Crippen molar-refractivity contribution >= 4 is 46.9 Å². The Hall–Kier alpha value is -4.97. The van der Waals surface area contributed by atoms with Crippen LogP contribution in [0, 0.1) is 5.92 Å². The van der Waals surface area contributed by atoms with Gasteiger partial charge in [0.05, 0.1) is 11.9 Å². The molecule has 0 radical (unpaired) electrons. The Morgan fingerprint density at radius 2 is 1.55 bits per heavy atom. The van der Waals surface area contributed by atoms with Crippen LogP contribution in [0.25, 0.3) is 0 Å². The molecule has 1 aliphatic heterocycles. The number of aryl methyl sites for hydroxylation is 1. The molecule has 5 N–H and O–H groups in total. The van der Waals surface area contributed by atoms with Gasteiger partial charge in [0.25, 0.3) is 0 Å². The van der Waals surface area contributed by atoms with Crippen LogP contribution in [0.15, 0.2) is 79.1 Å². The predicted molar refractivity (Wildman–Crippen MR) is 197 cm³/mol. The Morgan fingerprint density at radius 1 is 0.863 bits per heavy atom. The Bertz CT molecular complexity index is 1630. The molecule has 6 amide bonds. The lowest BCUT2D eigenvalue weighted by molar-refractivity contribution is -0.130. The van der Waals surface area contributed by atoms with Gasteiger partial charge in [-0.1, -0.05) is 60.1 Å². The van der Waals surface area contributed by atoms with Gasteiger partial charge in [0, 0.05) is 48.7 Å². The van der Waals surface area contributed by atoms with Crippen molar-refractivity contribution in [3.8, 4) is 0 Å². The van der Waals surface area contributed by atoms with Gasteiger partial charge in [-0.15, -0.1) is 0 Å². The minimum Gasteiger partial charge on any atom is -0.352 e. The first-order valence-electron chi connectivity index (χ1n) is 17.3. The summed E-state index contributed by atoms with van der Waals surface area (Å²) in [5.41, 5.74) is 1.85. The van der Waals surface area contributed by atoms with Crippen molar-refractivity contribution in [1.29, 1.82) is 0 Å². The van der Waals surface area contributed by atoms with E-state index in [1.54, 1.807) is 41.6 Å². The number of nitrogens with zero attached hydrogens (tertiary/aromatic N) is 2. The van der Waals surface area contributed by atoms with E-state index in [0.29, 0.717) is 49.5 Å². The van der Waals surface area contributed by atoms with Gasteiger partial charge in [-0.25, -0.2) is 4.79 Å². The van der Waals surface area contributed by atoms with Crippen LogP contribution >= 0.6 is 11.6 Å². The van der Waals surface area contributed by atoms with E-state index >= 15 is 0 Å². The van der Waals surface area contributed by atoms with Gasteiger partial charge in [0.1, 0.15) is 12.1 Å². The van der Waals surface area contributed by atoms with Gasteiger partial charge in [-0.2, -0.15) is 0 Å². The summed E-state index contributed by atoms with van der Waals surface area (Å²) in [6.07, 6.45) is 4.87. The first-order chi connectivity index (χ1) is 24.4. The van der Waals surface area contributed by atoms with E-state index < -0.39 is 35.5 Å². The molecule has 1 fully saturated rings. The fourth-order valence-corrected chi connectivity index (χ4v) is 5.94. The van der Waals surface area contributed by atoms with Gasteiger partial charge in [-0.05, 0) is 82.2 Å². The number of halogens is 1. The van der Waals surface area contributed by atoms with Crippen molar-refractivity contribution in [2.75, 3.05) is 18.4 Å². The zero-order valence-electron chi connectivity index (χ0n) is 29.4. The molecule has 1 aromatic heterocycles. The first kappa shape index (κ1) is 38.8. The van der Waals surface area contributed by atoms with Crippen LogP contribution in [-0.2, 0) is 32.1 Å². The van der Waals surface area contributed by atoms with Gasteiger partial charge in [0.2, 0.25) is 23.6 Å². The van der Waals surface area contributed by atoms with Crippen molar-refractivity contribution in [3.05, 3.63) is 95.3 Å². The number of amides is 6. The maximum atomic E-state index is 13.9. The molecule has 0 bridgehead atoms. The van der Waals surface area contributed by atoms with Crippen molar-refractivity contribution < 1.29 is 24.0 Å². The number of pyridine rings is 1. The molecule has 2 heterocycles. The summed E-state index contributed by atoms with van der Waals surface area (Å²) < 4.78 is 0. The number of urea groups is 1. The summed E-state index contributed by atoms with van der Waals surface area (Å²) in [7, 11) is 0. The first-order valence-corrected chi connectivity index (χ1v) is 17.7. The maximum absolute atomic E-state index is 13.9. The Morgan fingerprint density at radius 3 is 2.22 bits per heavy atom. The molecule has 3 aromatic rings. The topological polar surface area (TPSA) is 162 Å². The highest BCUT2D eigenvalue weighted by molar-refractivity contribution is 6.31. The lowest BCUT2D eigenvalue weighted by Crippen LogP contribution is -2.56. The summed E-state index contributed by atoms with van der Waals surface area (Å²) >= 11 is 6.30. The zero-order chi connectivity index (χ0) is 36.8. The number of benzene rings is 2. The third-order valence-electron chi connectivity index (χ3n) is 8.48. The average molecular weight is 718 g/mol. The average Bonchev–Trinajstić information content (AvgIpc) is 3.11. The normalized spacial score (nSPS) is 14.5. The fourth-order valence-electron chi connectivity index (χ4n) is 5.74. The molecule has 0 saturated carbocycles. The van der Waals surface area contributed by atoms with Crippen molar-refractivity contribution in [1.82, 2.24) is 31.2 Å². The largest absolute Gasteiger partial charge is 0.352 e. The SMILES string of the molecule is CC(C)(C)NC(=O)CC[C@H](NC(=O)N1CCC(C(=O)Nc2cccnc2)CC1)C(=O)N[C@@H](CCc1ccccc1)C(=O)NCc1ccccc1Cl. The number of aromatic nitrogens is 1. The van der Waals surface area contributed by atoms with E-state index in [-0.39, 0.29) is 37.1 Å². The highest BCUT2D eigenvalue weighted by Crippen LogP contribution is 2.20. The van der Waals surface area contributed by atoms with E-state index in [1.165, 1.54) is 0 Å². The van der Waals surface area contributed by atoms with Crippen LogP contribution in [0.4, 0.5) is 10.5 Å². The van der Waals surface area contributed by atoms with E-state index in [9.17, 15) is 24.0 Å². The number of hydrogen-bond donors (Lipinski definition) is 5. The molecule has 13 heteroatoms. The van der Waals surface area contributed by atoms with Crippen molar-refractivity contribution in [2.45, 2.75) is 83.5 Å². The van der Waals surface area contributed by atoms with Crippen molar-refractivity contribution in [2.24, 2.45) is 5.92 Å². The maximum Gasteiger partial charge on any atom is 0.318 e. The molecule has 12 nitrogen and oxygen atoms in total. The van der Waals surface area contributed by atoms with Gasteiger partial charge in [-0.3, -0.25) is 24.2 Å². The number of nitrogens with one attached hydrogen (secondary N) is 5. The number of piperidine rings is 1. The molecule has 272 valence electrons. The summed E-state index contributed by atoms with van der Waals surface area (Å²) in [5.74, 6) is -1.68. The van der Waals surface area contributed by atoms with E-state index in [2.05, 4.69) is 31.6 Å². The van der Waals surface area contributed by atoms with E-state index in [0.717, 1.165) is 11.1 Å². The molecule has 1 saturated heterocycles. The molecule has 2 aromatic carbocycles. The molecule has 0 aliphatic carbocycles. The Labute approximate surface area is 304 Å². The van der Waals surface area contributed by atoms with Gasteiger partial charge < -0.3 is 31.5 Å². The Kier molecular flexibility index (Phi) is 14.4. The van der Waals surface area contributed by atoms with Gasteiger partial charge in [0.15, 0.2) is 0 Å². The molecule has 0 spiro atoms. The van der Waals surface area contributed by atoms with Crippen molar-refractivity contribution in [3.63, 3.8) is 0 Å².